The predicted octanol–water partition coefficient (Wildman–Crippen LogP) is 3.22. The van der Waals surface area contributed by atoms with Crippen molar-refractivity contribution in [1.82, 2.24) is 15.1 Å². The zero-order valence-corrected chi connectivity index (χ0v) is 18.5. The maximum absolute atomic E-state index is 13.1. The van der Waals surface area contributed by atoms with Gasteiger partial charge in [-0.2, -0.15) is 0 Å². The van der Waals surface area contributed by atoms with Gasteiger partial charge in [-0.25, -0.2) is 0 Å². The number of piperidine rings is 1. The van der Waals surface area contributed by atoms with Gasteiger partial charge in [0.15, 0.2) is 0 Å². The Kier molecular flexibility index (Phi) is 7.33. The fourth-order valence-corrected chi connectivity index (χ4v) is 4.45. The van der Waals surface area contributed by atoms with Gasteiger partial charge in [-0.15, -0.1) is 0 Å². The highest BCUT2D eigenvalue weighted by molar-refractivity contribution is 5.88. The van der Waals surface area contributed by atoms with Crippen LogP contribution in [0.25, 0.3) is 0 Å². The molecule has 1 aromatic rings. The fraction of sp³-hybridized carbons (Fsp3) is 0.667. The van der Waals surface area contributed by atoms with Crippen molar-refractivity contribution in [2.24, 2.45) is 11.8 Å². The number of benzene rings is 1. The number of hydrogen-bond acceptors (Lipinski definition) is 3. The van der Waals surface area contributed by atoms with E-state index in [1.807, 2.05) is 26.0 Å². The van der Waals surface area contributed by atoms with Crippen LogP contribution in [0.1, 0.15) is 58.1 Å². The van der Waals surface area contributed by atoms with E-state index in [9.17, 15) is 9.59 Å². The van der Waals surface area contributed by atoms with Crippen LogP contribution in [0.2, 0.25) is 0 Å². The lowest BCUT2D eigenvalue weighted by atomic mass is 9.92. The summed E-state index contributed by atoms with van der Waals surface area (Å²) in [4.78, 5) is 30.3. The Balaban J connectivity index is 1.65. The molecule has 3 rings (SSSR count). The predicted molar refractivity (Wildman–Crippen MR) is 116 cm³/mol. The summed E-state index contributed by atoms with van der Waals surface area (Å²) >= 11 is 0. The highest BCUT2D eigenvalue weighted by Gasteiger charge is 2.34. The second-order valence-electron chi connectivity index (χ2n) is 9.42. The first-order chi connectivity index (χ1) is 13.8. The molecule has 0 radical (unpaired) electrons. The average molecular weight is 400 g/mol. The standard InChI is InChI=1S/C24H37N3O2/c1-17(2)13-23(28)27-16-21-8-6-5-7-20(21)14-22(27)24(29)25-15-19(4)26-11-9-18(3)10-12-26/h5-8,17-19,22H,9-16H2,1-4H3,(H,25,29). The zero-order valence-electron chi connectivity index (χ0n) is 18.5. The molecule has 5 heteroatoms. The molecule has 1 saturated heterocycles. The molecular weight excluding hydrogens is 362 g/mol. The van der Waals surface area contributed by atoms with Gasteiger partial charge in [0.2, 0.25) is 11.8 Å². The number of hydrogen-bond donors (Lipinski definition) is 1. The maximum Gasteiger partial charge on any atom is 0.243 e. The van der Waals surface area contributed by atoms with Gasteiger partial charge in [0.1, 0.15) is 6.04 Å². The van der Waals surface area contributed by atoms with Crippen molar-refractivity contribution < 1.29 is 9.59 Å². The Morgan fingerprint density at radius 1 is 1.10 bits per heavy atom. The molecule has 2 amide bonds. The van der Waals surface area contributed by atoms with Gasteiger partial charge in [0.25, 0.3) is 0 Å². The van der Waals surface area contributed by atoms with E-state index in [4.69, 9.17) is 0 Å². The van der Waals surface area contributed by atoms with Crippen LogP contribution in [0.4, 0.5) is 0 Å². The van der Waals surface area contributed by atoms with Gasteiger partial charge in [0, 0.05) is 32.0 Å². The molecule has 2 aliphatic heterocycles. The molecule has 1 aromatic carbocycles. The lowest BCUT2D eigenvalue weighted by Crippen LogP contribution is -2.54. The SMILES string of the molecule is CC(C)CC(=O)N1Cc2ccccc2CC1C(=O)NCC(C)N1CCC(C)CC1. The minimum atomic E-state index is -0.412. The molecule has 0 bridgehead atoms. The fourth-order valence-electron chi connectivity index (χ4n) is 4.45. The molecule has 2 unspecified atom stereocenters. The van der Waals surface area contributed by atoms with Crippen molar-refractivity contribution >= 4 is 11.8 Å². The van der Waals surface area contributed by atoms with Gasteiger partial charge >= 0.3 is 0 Å². The number of amides is 2. The van der Waals surface area contributed by atoms with Crippen LogP contribution in [-0.2, 0) is 22.6 Å². The first-order valence-electron chi connectivity index (χ1n) is 11.2. The summed E-state index contributed by atoms with van der Waals surface area (Å²) in [6.07, 6.45) is 3.54. The lowest BCUT2D eigenvalue weighted by molar-refractivity contribution is -0.142. The summed E-state index contributed by atoms with van der Waals surface area (Å²) < 4.78 is 0. The highest BCUT2D eigenvalue weighted by atomic mass is 16.2. The van der Waals surface area contributed by atoms with E-state index in [0.29, 0.717) is 32.0 Å². The molecule has 2 aliphatic rings. The van der Waals surface area contributed by atoms with Crippen molar-refractivity contribution in [2.75, 3.05) is 19.6 Å². The van der Waals surface area contributed by atoms with Crippen molar-refractivity contribution in [3.63, 3.8) is 0 Å². The van der Waals surface area contributed by atoms with Crippen LogP contribution in [0.15, 0.2) is 24.3 Å². The molecule has 2 heterocycles. The Morgan fingerprint density at radius 3 is 2.41 bits per heavy atom. The summed E-state index contributed by atoms with van der Waals surface area (Å²) in [7, 11) is 0. The Morgan fingerprint density at radius 2 is 1.76 bits per heavy atom. The minimum Gasteiger partial charge on any atom is -0.353 e. The maximum atomic E-state index is 13.1. The van der Waals surface area contributed by atoms with Crippen molar-refractivity contribution in [3.05, 3.63) is 35.4 Å². The molecule has 160 valence electrons. The van der Waals surface area contributed by atoms with Crippen molar-refractivity contribution in [2.45, 2.75) is 72.0 Å². The van der Waals surface area contributed by atoms with Crippen LogP contribution in [-0.4, -0.2) is 53.3 Å². The van der Waals surface area contributed by atoms with Crippen LogP contribution in [0.5, 0.6) is 0 Å². The quantitative estimate of drug-likeness (QED) is 0.799. The lowest BCUT2D eigenvalue weighted by Gasteiger charge is -2.38. The van der Waals surface area contributed by atoms with Crippen molar-refractivity contribution in [1.29, 1.82) is 0 Å². The molecule has 0 saturated carbocycles. The monoisotopic (exact) mass is 399 g/mol. The van der Waals surface area contributed by atoms with Crippen LogP contribution in [0, 0.1) is 11.8 Å². The smallest absolute Gasteiger partial charge is 0.243 e. The zero-order chi connectivity index (χ0) is 21.0. The van der Waals surface area contributed by atoms with E-state index >= 15 is 0 Å². The van der Waals surface area contributed by atoms with Gasteiger partial charge in [-0.05, 0) is 55.8 Å². The molecule has 1 fully saturated rings. The van der Waals surface area contributed by atoms with E-state index in [1.54, 1.807) is 4.90 Å². The van der Waals surface area contributed by atoms with E-state index < -0.39 is 6.04 Å². The van der Waals surface area contributed by atoms with E-state index in [2.05, 4.69) is 36.2 Å². The number of fused-ring (bicyclic) bond motifs is 1. The first-order valence-corrected chi connectivity index (χ1v) is 11.2. The van der Waals surface area contributed by atoms with Crippen LogP contribution < -0.4 is 5.32 Å². The van der Waals surface area contributed by atoms with Gasteiger partial charge in [-0.3, -0.25) is 14.5 Å². The van der Waals surface area contributed by atoms with E-state index in [-0.39, 0.29) is 17.7 Å². The number of nitrogens with zero attached hydrogens (tertiary/aromatic N) is 2. The Labute approximate surface area is 175 Å². The molecule has 0 spiro atoms. The first kappa shape index (κ1) is 21.8. The number of rotatable bonds is 6. The van der Waals surface area contributed by atoms with E-state index in [1.165, 1.54) is 18.4 Å². The Hall–Kier alpha value is -1.88. The molecule has 29 heavy (non-hydrogen) atoms. The van der Waals surface area contributed by atoms with Gasteiger partial charge < -0.3 is 10.2 Å². The third-order valence-corrected chi connectivity index (χ3v) is 6.47. The average Bonchev–Trinajstić information content (AvgIpc) is 2.70. The van der Waals surface area contributed by atoms with E-state index in [0.717, 1.165) is 24.6 Å². The summed E-state index contributed by atoms with van der Waals surface area (Å²) in [5.74, 6) is 1.14. The molecule has 5 nitrogen and oxygen atoms in total. The topological polar surface area (TPSA) is 52.7 Å². The number of nitrogens with one attached hydrogen (secondary N) is 1. The second-order valence-corrected chi connectivity index (χ2v) is 9.42. The van der Waals surface area contributed by atoms with Crippen molar-refractivity contribution in [3.8, 4) is 0 Å². The molecule has 0 aromatic heterocycles. The van der Waals surface area contributed by atoms with Crippen LogP contribution >= 0.6 is 0 Å². The summed E-state index contributed by atoms with van der Waals surface area (Å²) in [5.41, 5.74) is 2.34. The largest absolute Gasteiger partial charge is 0.353 e. The number of likely N-dealkylation sites (tertiary alicyclic amines) is 1. The molecular formula is C24H37N3O2. The second kappa shape index (κ2) is 9.75. The molecule has 0 aliphatic carbocycles. The summed E-state index contributed by atoms with van der Waals surface area (Å²) in [5, 5.41) is 3.16. The van der Waals surface area contributed by atoms with Crippen LogP contribution in [0.3, 0.4) is 0 Å². The van der Waals surface area contributed by atoms with Gasteiger partial charge in [-0.1, -0.05) is 45.0 Å². The highest BCUT2D eigenvalue weighted by Crippen LogP contribution is 2.25. The summed E-state index contributed by atoms with van der Waals surface area (Å²) in [6, 6.07) is 8.08. The normalized spacial score (nSPS) is 21.7. The van der Waals surface area contributed by atoms with Gasteiger partial charge in [0.05, 0.1) is 0 Å². The Bertz CT molecular complexity index is 710. The summed E-state index contributed by atoms with van der Waals surface area (Å²) in [6.45, 7) is 12.0. The minimum absolute atomic E-state index is 0.0196. The third kappa shape index (κ3) is 5.59. The molecule has 2 atom stereocenters. The number of carbonyl (C=O) groups is 2. The molecule has 1 N–H and O–H groups in total. The third-order valence-electron chi connectivity index (χ3n) is 6.47. The number of carbonyl (C=O) groups excluding carboxylic acids is 2.